The van der Waals surface area contributed by atoms with Gasteiger partial charge in [-0.1, -0.05) is 23.7 Å². The van der Waals surface area contributed by atoms with Crippen LogP contribution in [0.2, 0.25) is 5.02 Å². The number of pyridine rings is 1. The van der Waals surface area contributed by atoms with Gasteiger partial charge in [-0.05, 0) is 49.4 Å². The van der Waals surface area contributed by atoms with Crippen molar-refractivity contribution in [1.82, 2.24) is 4.98 Å². The van der Waals surface area contributed by atoms with E-state index in [1.54, 1.807) is 25.1 Å². The van der Waals surface area contributed by atoms with Gasteiger partial charge in [-0.25, -0.2) is 0 Å². The molecular weight excluding hydrogens is 501 g/mol. The van der Waals surface area contributed by atoms with Crippen LogP contribution in [0.25, 0.3) is 5.76 Å². The number of alkyl halides is 3. The summed E-state index contributed by atoms with van der Waals surface area (Å²) in [4.78, 5) is 31.6. The molecule has 1 aliphatic rings. The molecule has 11 heteroatoms. The standard InChI is InChI=1S/C25H18ClF3N2O5/c1-2-35-15-9-10-18(26)17(13-15)22(32)20-21(19-8-3-4-11-30-19)31(24(34)23(20)33)14-6-5-7-16(12-14)36-25(27,28)29/h3-13,21,32H,2H2,1H3/b22-20+. The third-order valence-electron chi connectivity index (χ3n) is 5.25. The van der Waals surface area contributed by atoms with Crippen LogP contribution in [0.15, 0.2) is 72.4 Å². The molecule has 0 bridgehead atoms. The lowest BCUT2D eigenvalue weighted by Gasteiger charge is -2.25. The van der Waals surface area contributed by atoms with E-state index in [9.17, 15) is 27.9 Å². The maximum atomic E-state index is 13.2. The van der Waals surface area contributed by atoms with Crippen molar-refractivity contribution in [1.29, 1.82) is 0 Å². The minimum Gasteiger partial charge on any atom is -0.507 e. The number of amides is 1. The molecule has 0 saturated carbocycles. The summed E-state index contributed by atoms with van der Waals surface area (Å²) < 4.78 is 47.8. The monoisotopic (exact) mass is 518 g/mol. The predicted molar refractivity (Wildman–Crippen MR) is 125 cm³/mol. The van der Waals surface area contributed by atoms with E-state index in [1.165, 1.54) is 36.5 Å². The second-order valence-corrected chi connectivity index (χ2v) is 7.95. The first kappa shape index (κ1) is 25.1. The fraction of sp³-hybridized carbons (Fsp3) is 0.160. The van der Waals surface area contributed by atoms with Gasteiger partial charge in [0.1, 0.15) is 23.3 Å². The van der Waals surface area contributed by atoms with Gasteiger partial charge in [-0.15, -0.1) is 13.2 Å². The zero-order valence-electron chi connectivity index (χ0n) is 18.6. The molecule has 7 nitrogen and oxygen atoms in total. The van der Waals surface area contributed by atoms with Crippen molar-refractivity contribution in [2.75, 3.05) is 11.5 Å². The highest BCUT2D eigenvalue weighted by atomic mass is 35.5. The Balaban J connectivity index is 1.90. The van der Waals surface area contributed by atoms with Gasteiger partial charge in [0.15, 0.2) is 0 Å². The number of anilines is 1. The minimum atomic E-state index is -4.96. The molecular formula is C25H18ClF3N2O5. The van der Waals surface area contributed by atoms with E-state index in [-0.39, 0.29) is 27.5 Å². The number of hydrogen-bond donors (Lipinski definition) is 1. The fourth-order valence-electron chi connectivity index (χ4n) is 3.83. The number of ether oxygens (including phenoxy) is 2. The second kappa shape index (κ2) is 9.90. The molecule has 1 N–H and O–H groups in total. The van der Waals surface area contributed by atoms with Gasteiger partial charge in [0.2, 0.25) is 0 Å². The van der Waals surface area contributed by atoms with Crippen LogP contribution in [0.3, 0.4) is 0 Å². The molecule has 1 aliphatic heterocycles. The van der Waals surface area contributed by atoms with Crippen LogP contribution in [-0.4, -0.2) is 34.8 Å². The smallest absolute Gasteiger partial charge is 0.507 e. The number of benzene rings is 2. The van der Waals surface area contributed by atoms with Crippen LogP contribution in [-0.2, 0) is 9.59 Å². The molecule has 2 heterocycles. The molecule has 1 amide bonds. The zero-order chi connectivity index (χ0) is 26.0. The third-order valence-corrected chi connectivity index (χ3v) is 5.58. The fourth-order valence-corrected chi connectivity index (χ4v) is 4.04. The molecule has 3 aromatic rings. The lowest BCUT2D eigenvalue weighted by Crippen LogP contribution is -2.30. The molecule has 1 unspecified atom stereocenters. The SMILES string of the molecule is CCOc1ccc(Cl)c(/C(O)=C2\C(=O)C(=O)N(c3cccc(OC(F)(F)F)c3)C2c2ccccn2)c1. The number of rotatable bonds is 6. The van der Waals surface area contributed by atoms with E-state index in [0.717, 1.165) is 17.0 Å². The van der Waals surface area contributed by atoms with Gasteiger partial charge in [0, 0.05) is 23.5 Å². The number of hydrogen-bond acceptors (Lipinski definition) is 6. The van der Waals surface area contributed by atoms with Crippen LogP contribution in [0, 0.1) is 0 Å². The van der Waals surface area contributed by atoms with E-state index in [4.69, 9.17) is 16.3 Å². The number of aromatic nitrogens is 1. The van der Waals surface area contributed by atoms with E-state index < -0.39 is 35.6 Å². The average molecular weight is 519 g/mol. The summed E-state index contributed by atoms with van der Waals surface area (Å²) in [6.07, 6.45) is -3.54. The molecule has 2 aromatic carbocycles. The highest BCUT2D eigenvalue weighted by molar-refractivity contribution is 6.52. The van der Waals surface area contributed by atoms with Gasteiger partial charge >= 0.3 is 6.36 Å². The molecule has 0 spiro atoms. The first-order chi connectivity index (χ1) is 17.1. The number of halogens is 4. The van der Waals surface area contributed by atoms with Crippen molar-refractivity contribution in [3.05, 3.63) is 88.7 Å². The highest BCUT2D eigenvalue weighted by Crippen LogP contribution is 2.43. The van der Waals surface area contributed by atoms with E-state index in [2.05, 4.69) is 9.72 Å². The summed E-state index contributed by atoms with van der Waals surface area (Å²) in [5.41, 5.74) is -0.174. The summed E-state index contributed by atoms with van der Waals surface area (Å²) in [6, 6.07) is 12.5. The maximum Gasteiger partial charge on any atom is 0.573 e. The van der Waals surface area contributed by atoms with Gasteiger partial charge in [0.05, 0.1) is 22.9 Å². The van der Waals surface area contributed by atoms with E-state index in [0.29, 0.717) is 12.4 Å². The predicted octanol–water partition coefficient (Wildman–Crippen LogP) is 5.66. The van der Waals surface area contributed by atoms with E-state index >= 15 is 0 Å². The first-order valence-corrected chi connectivity index (χ1v) is 11.0. The molecule has 1 atom stereocenters. The summed E-state index contributed by atoms with van der Waals surface area (Å²) >= 11 is 6.28. The van der Waals surface area contributed by atoms with Crippen LogP contribution in [0.4, 0.5) is 18.9 Å². The molecule has 1 aromatic heterocycles. The molecule has 36 heavy (non-hydrogen) atoms. The third kappa shape index (κ3) is 4.99. The van der Waals surface area contributed by atoms with Crippen molar-refractivity contribution >= 4 is 34.7 Å². The van der Waals surface area contributed by atoms with Crippen molar-refractivity contribution < 1.29 is 37.3 Å². The number of Topliss-reactive ketones (excluding diaryl/α,β-unsaturated/α-hetero) is 1. The number of ketones is 1. The molecule has 186 valence electrons. The Hall–Kier alpha value is -4.05. The Morgan fingerprint density at radius 3 is 2.53 bits per heavy atom. The summed E-state index contributed by atoms with van der Waals surface area (Å²) in [6.45, 7) is 2.09. The Kier molecular flexibility index (Phi) is 6.89. The van der Waals surface area contributed by atoms with Gasteiger partial charge < -0.3 is 14.6 Å². The number of aliphatic hydroxyl groups excluding tert-OH is 1. The first-order valence-electron chi connectivity index (χ1n) is 10.6. The number of nitrogens with zero attached hydrogens (tertiary/aromatic N) is 2. The normalized spacial score (nSPS) is 17.4. The lowest BCUT2D eigenvalue weighted by atomic mass is 9.98. The Bertz CT molecular complexity index is 1350. The van der Waals surface area contributed by atoms with Gasteiger partial charge in [-0.3, -0.25) is 19.5 Å². The van der Waals surface area contributed by atoms with Crippen molar-refractivity contribution in [3.8, 4) is 11.5 Å². The van der Waals surface area contributed by atoms with Crippen molar-refractivity contribution in [2.24, 2.45) is 0 Å². The zero-order valence-corrected chi connectivity index (χ0v) is 19.4. The molecule has 1 saturated heterocycles. The minimum absolute atomic E-state index is 0.0377. The molecule has 1 fully saturated rings. The van der Waals surface area contributed by atoms with Gasteiger partial charge in [-0.2, -0.15) is 0 Å². The molecule has 4 rings (SSSR count). The number of carbonyl (C=O) groups is 2. The summed E-state index contributed by atoms with van der Waals surface area (Å²) in [5.74, 6) is -2.95. The quantitative estimate of drug-likeness (QED) is 0.257. The topological polar surface area (TPSA) is 89.0 Å². The summed E-state index contributed by atoms with van der Waals surface area (Å²) in [5, 5.41) is 11.3. The largest absolute Gasteiger partial charge is 0.573 e. The average Bonchev–Trinajstić information content (AvgIpc) is 3.10. The Labute approximate surface area is 208 Å². The van der Waals surface area contributed by atoms with Crippen molar-refractivity contribution in [3.63, 3.8) is 0 Å². The number of carbonyl (C=O) groups excluding carboxylic acids is 2. The summed E-state index contributed by atoms with van der Waals surface area (Å²) in [7, 11) is 0. The lowest BCUT2D eigenvalue weighted by molar-refractivity contribution is -0.274. The van der Waals surface area contributed by atoms with Crippen LogP contribution in [0.1, 0.15) is 24.2 Å². The van der Waals surface area contributed by atoms with Gasteiger partial charge in [0.25, 0.3) is 11.7 Å². The Morgan fingerprint density at radius 1 is 1.08 bits per heavy atom. The molecule has 0 radical (unpaired) electrons. The maximum absolute atomic E-state index is 13.2. The van der Waals surface area contributed by atoms with Crippen LogP contribution in [0.5, 0.6) is 11.5 Å². The second-order valence-electron chi connectivity index (χ2n) is 7.54. The Morgan fingerprint density at radius 2 is 1.86 bits per heavy atom. The van der Waals surface area contributed by atoms with Crippen LogP contribution < -0.4 is 14.4 Å². The number of aliphatic hydroxyl groups is 1. The van der Waals surface area contributed by atoms with Crippen molar-refractivity contribution in [2.45, 2.75) is 19.3 Å². The van der Waals surface area contributed by atoms with E-state index in [1.807, 2.05) is 0 Å². The highest BCUT2D eigenvalue weighted by Gasteiger charge is 2.48. The van der Waals surface area contributed by atoms with Crippen LogP contribution >= 0.6 is 11.6 Å². The molecule has 0 aliphatic carbocycles.